The standard InChI is InChI=1S/C7H8.C6H4/c1-7-5-3-2-4-6-7;1-2-6-4-3-5(1)6/h2-6H,1H3;1-4H. The van der Waals surface area contributed by atoms with Gasteiger partial charge in [-0.05, 0) is 17.4 Å². The maximum absolute atomic E-state index is 2.12. The van der Waals surface area contributed by atoms with Crippen LogP contribution in [0.15, 0.2) is 54.6 Å². The zero-order valence-corrected chi connectivity index (χ0v) is 7.70. The molecule has 0 spiro atoms. The Kier molecular flexibility index (Phi) is 2.13. The largest absolute Gasteiger partial charge is 0.0622 e. The Morgan fingerprint density at radius 2 is 1.08 bits per heavy atom. The molecular weight excluding hydrogens is 156 g/mol. The van der Waals surface area contributed by atoms with Gasteiger partial charge in [0.2, 0.25) is 0 Å². The van der Waals surface area contributed by atoms with Crippen LogP contribution in [0.4, 0.5) is 0 Å². The highest BCUT2D eigenvalue weighted by Crippen LogP contribution is 2.04. The van der Waals surface area contributed by atoms with Crippen LogP contribution < -0.4 is 0 Å². The van der Waals surface area contributed by atoms with Gasteiger partial charge in [0.15, 0.2) is 0 Å². The Morgan fingerprint density at radius 1 is 0.615 bits per heavy atom. The molecule has 0 N–H and O–H groups in total. The molecule has 1 aromatic carbocycles. The first-order valence-corrected chi connectivity index (χ1v) is 4.48. The predicted octanol–water partition coefficient (Wildman–Crippen LogP) is 3.28. The van der Waals surface area contributed by atoms with Crippen LogP contribution in [0.3, 0.4) is 0 Å². The molecule has 13 heavy (non-hydrogen) atoms. The van der Waals surface area contributed by atoms with E-state index in [2.05, 4.69) is 43.3 Å². The third kappa shape index (κ3) is 1.78. The van der Waals surface area contributed by atoms with Crippen LogP contribution >= 0.6 is 0 Å². The minimum Gasteiger partial charge on any atom is -0.0622 e. The van der Waals surface area contributed by atoms with E-state index in [1.807, 2.05) is 18.2 Å². The molecule has 0 radical (unpaired) electrons. The third-order valence-corrected chi connectivity index (χ3v) is 2.16. The Balaban J connectivity index is 0.000000101. The summed E-state index contributed by atoms with van der Waals surface area (Å²) in [6, 6.07) is 18.7. The van der Waals surface area contributed by atoms with Gasteiger partial charge in [-0.1, -0.05) is 60.2 Å². The lowest BCUT2D eigenvalue weighted by Crippen LogP contribution is -1.80. The van der Waals surface area contributed by atoms with Crippen molar-refractivity contribution in [2.75, 3.05) is 0 Å². The van der Waals surface area contributed by atoms with Crippen molar-refractivity contribution in [1.29, 1.82) is 0 Å². The molecule has 1 aromatic rings. The highest BCUT2D eigenvalue weighted by Gasteiger charge is 1.88. The monoisotopic (exact) mass is 168 g/mol. The van der Waals surface area contributed by atoms with Crippen molar-refractivity contribution in [3.8, 4) is 0 Å². The molecule has 0 atom stereocenters. The van der Waals surface area contributed by atoms with Crippen LogP contribution in [0.1, 0.15) is 5.56 Å². The second-order valence-electron chi connectivity index (χ2n) is 3.23. The molecule has 0 heterocycles. The second-order valence-corrected chi connectivity index (χ2v) is 3.23. The van der Waals surface area contributed by atoms with Gasteiger partial charge in [-0.2, -0.15) is 0 Å². The minimum atomic E-state index is 1.32. The van der Waals surface area contributed by atoms with Gasteiger partial charge in [0.05, 0.1) is 0 Å². The number of rotatable bonds is 0. The number of benzene rings is 2. The summed E-state index contributed by atoms with van der Waals surface area (Å²) in [6.07, 6.45) is 0. The molecule has 0 saturated carbocycles. The summed E-state index contributed by atoms with van der Waals surface area (Å²) >= 11 is 0. The molecule has 64 valence electrons. The van der Waals surface area contributed by atoms with Gasteiger partial charge in [-0.25, -0.2) is 0 Å². The normalized spacial score (nSPS) is 9.92. The molecule has 0 heteroatoms. The highest BCUT2D eigenvalue weighted by atomic mass is 13.9. The van der Waals surface area contributed by atoms with E-state index < -0.39 is 0 Å². The summed E-state index contributed by atoms with van der Waals surface area (Å²) in [7, 11) is 0. The van der Waals surface area contributed by atoms with E-state index in [1.165, 1.54) is 16.0 Å². The molecule has 3 rings (SSSR count). The summed E-state index contributed by atoms with van der Waals surface area (Å²) < 4.78 is 0. The smallest absolute Gasteiger partial charge is 0.0184 e. The molecule has 0 fully saturated rings. The van der Waals surface area contributed by atoms with Crippen molar-refractivity contribution in [3.63, 3.8) is 0 Å². The van der Waals surface area contributed by atoms with Crippen molar-refractivity contribution in [2.45, 2.75) is 6.92 Å². The average Bonchev–Trinajstić information content (AvgIpc) is 2.14. The van der Waals surface area contributed by atoms with E-state index in [9.17, 15) is 0 Å². The van der Waals surface area contributed by atoms with E-state index in [0.29, 0.717) is 0 Å². The van der Waals surface area contributed by atoms with Gasteiger partial charge in [0.1, 0.15) is 0 Å². The molecule has 0 saturated heterocycles. The molecule has 0 nitrogen and oxygen atoms in total. The Hall–Kier alpha value is -1.56. The Morgan fingerprint density at radius 3 is 1.23 bits per heavy atom. The number of aryl methyl sites for hydroxylation is 1. The maximum Gasteiger partial charge on any atom is -0.0184 e. The molecule has 0 bridgehead atoms. The van der Waals surface area contributed by atoms with E-state index in [4.69, 9.17) is 0 Å². The van der Waals surface area contributed by atoms with Crippen molar-refractivity contribution in [2.24, 2.45) is 0 Å². The van der Waals surface area contributed by atoms with Crippen molar-refractivity contribution < 1.29 is 0 Å². The topological polar surface area (TPSA) is 0 Å². The van der Waals surface area contributed by atoms with Crippen LogP contribution in [0, 0.1) is 17.4 Å². The average molecular weight is 168 g/mol. The summed E-state index contributed by atoms with van der Waals surface area (Å²) in [5, 5.41) is 2.85. The molecule has 0 unspecified atom stereocenters. The SMILES string of the molecule is Cc1ccccc1.c1cc2ccc1=2. The van der Waals surface area contributed by atoms with Crippen LogP contribution in [0.25, 0.3) is 0 Å². The summed E-state index contributed by atoms with van der Waals surface area (Å²) in [4.78, 5) is 0. The first-order valence-electron chi connectivity index (χ1n) is 4.48. The van der Waals surface area contributed by atoms with Gasteiger partial charge >= 0.3 is 0 Å². The van der Waals surface area contributed by atoms with Crippen LogP contribution in [-0.4, -0.2) is 0 Å². The maximum atomic E-state index is 2.12. The highest BCUT2D eigenvalue weighted by molar-refractivity contribution is 5.22. The van der Waals surface area contributed by atoms with Crippen molar-refractivity contribution in [1.82, 2.24) is 0 Å². The fourth-order valence-electron chi connectivity index (χ4n) is 1.20. The van der Waals surface area contributed by atoms with Crippen molar-refractivity contribution >= 4 is 0 Å². The summed E-state index contributed by atoms with van der Waals surface area (Å²) in [5.74, 6) is 0. The number of hydrogen-bond acceptors (Lipinski definition) is 0. The van der Waals surface area contributed by atoms with E-state index in [0.717, 1.165) is 0 Å². The first kappa shape index (κ1) is 8.06. The Labute approximate surface area is 78.2 Å². The molecule has 0 aliphatic heterocycles. The van der Waals surface area contributed by atoms with E-state index >= 15 is 0 Å². The third-order valence-electron chi connectivity index (χ3n) is 2.16. The molecule has 0 aromatic heterocycles. The molecular formula is C13H12. The lowest BCUT2D eigenvalue weighted by molar-refractivity contribution is 1.38. The van der Waals surface area contributed by atoms with Gasteiger partial charge < -0.3 is 0 Å². The molecule has 2 aliphatic carbocycles. The summed E-state index contributed by atoms with van der Waals surface area (Å²) in [5.41, 5.74) is 1.32. The van der Waals surface area contributed by atoms with E-state index in [1.54, 1.807) is 0 Å². The lowest BCUT2D eigenvalue weighted by atomic mass is 10.1. The van der Waals surface area contributed by atoms with Crippen LogP contribution in [-0.2, 0) is 0 Å². The van der Waals surface area contributed by atoms with E-state index in [-0.39, 0.29) is 0 Å². The minimum absolute atomic E-state index is 1.32. The Bertz CT molecular complexity index is 419. The summed E-state index contributed by atoms with van der Waals surface area (Å²) in [6.45, 7) is 2.08. The van der Waals surface area contributed by atoms with Crippen molar-refractivity contribution in [3.05, 3.63) is 70.6 Å². The van der Waals surface area contributed by atoms with Gasteiger partial charge in [0.25, 0.3) is 0 Å². The second kappa shape index (κ2) is 3.44. The fourth-order valence-corrected chi connectivity index (χ4v) is 1.20. The molecule has 2 aliphatic rings. The van der Waals surface area contributed by atoms with Gasteiger partial charge in [-0.3, -0.25) is 0 Å². The lowest BCUT2D eigenvalue weighted by Gasteiger charge is -1.95. The van der Waals surface area contributed by atoms with Crippen LogP contribution in [0.5, 0.6) is 0 Å². The molecule has 0 amide bonds. The first-order chi connectivity index (χ1) is 6.36. The van der Waals surface area contributed by atoms with Gasteiger partial charge in [0, 0.05) is 0 Å². The number of hydrogen-bond donors (Lipinski definition) is 0. The quantitative estimate of drug-likeness (QED) is 0.483. The van der Waals surface area contributed by atoms with Crippen LogP contribution in [0.2, 0.25) is 0 Å². The van der Waals surface area contributed by atoms with Gasteiger partial charge in [-0.15, -0.1) is 0 Å². The zero-order valence-electron chi connectivity index (χ0n) is 7.70. The fraction of sp³-hybridized carbons (Fsp3) is 0.0769. The zero-order chi connectivity index (χ0) is 9.10. The predicted molar refractivity (Wildman–Crippen MR) is 55.3 cm³/mol.